The van der Waals surface area contributed by atoms with Gasteiger partial charge in [0.25, 0.3) is 0 Å². The lowest BCUT2D eigenvalue weighted by Gasteiger charge is -2.13. The van der Waals surface area contributed by atoms with Crippen LogP contribution in [-0.2, 0) is 0 Å². The molecule has 1 saturated carbocycles. The number of hydrogen-bond acceptors (Lipinski definition) is 3. The first-order valence-corrected chi connectivity index (χ1v) is 4.51. The summed E-state index contributed by atoms with van der Waals surface area (Å²) in [6.07, 6.45) is 4.46. The second-order valence-corrected chi connectivity index (χ2v) is 3.27. The van der Waals surface area contributed by atoms with E-state index in [2.05, 4.69) is 27.7 Å². The van der Waals surface area contributed by atoms with E-state index in [1.165, 1.54) is 12.8 Å². The van der Waals surface area contributed by atoms with Gasteiger partial charge in [-0.25, -0.2) is 0 Å². The molecule has 1 aromatic heterocycles. The maximum absolute atomic E-state index is 4.10. The van der Waals surface area contributed by atoms with E-state index in [0.29, 0.717) is 6.04 Å². The minimum atomic E-state index is 0.425. The number of aromatic amines is 1. The molecule has 2 N–H and O–H groups in total. The molecule has 1 aromatic rings. The minimum absolute atomic E-state index is 0.425. The van der Waals surface area contributed by atoms with Gasteiger partial charge in [-0.15, -0.1) is 0 Å². The standard InChI is InChI=1S/C8H14N4/c1-2-9-8(6-3-4-6)7-5-10-12-11-7/h5-6,8-9H,2-4H2,1H3,(H,10,11,12). The first kappa shape index (κ1) is 7.73. The SMILES string of the molecule is CCNC(c1cn[nH]n1)C1CC1. The van der Waals surface area contributed by atoms with E-state index in [-0.39, 0.29) is 0 Å². The number of nitrogens with one attached hydrogen (secondary N) is 2. The molecule has 1 atom stereocenters. The summed E-state index contributed by atoms with van der Waals surface area (Å²) in [4.78, 5) is 0. The zero-order chi connectivity index (χ0) is 8.39. The average molecular weight is 166 g/mol. The number of nitrogens with zero attached hydrogens (tertiary/aromatic N) is 2. The highest BCUT2D eigenvalue weighted by atomic mass is 15.3. The van der Waals surface area contributed by atoms with Crippen molar-refractivity contribution in [2.75, 3.05) is 6.54 Å². The van der Waals surface area contributed by atoms with E-state index in [0.717, 1.165) is 18.2 Å². The molecular weight excluding hydrogens is 152 g/mol. The van der Waals surface area contributed by atoms with Crippen LogP contribution in [0.15, 0.2) is 6.20 Å². The third kappa shape index (κ3) is 1.48. The van der Waals surface area contributed by atoms with Gasteiger partial charge in [0.1, 0.15) is 0 Å². The summed E-state index contributed by atoms with van der Waals surface area (Å²) in [5, 5.41) is 14.0. The van der Waals surface area contributed by atoms with Gasteiger partial charge >= 0.3 is 0 Å². The lowest BCUT2D eigenvalue weighted by Crippen LogP contribution is -2.22. The molecule has 4 nitrogen and oxygen atoms in total. The Morgan fingerprint density at radius 3 is 3.08 bits per heavy atom. The van der Waals surface area contributed by atoms with E-state index >= 15 is 0 Å². The molecule has 4 heteroatoms. The highest BCUT2D eigenvalue weighted by Gasteiger charge is 2.32. The van der Waals surface area contributed by atoms with E-state index in [1.807, 2.05) is 6.20 Å². The Kier molecular flexibility index (Phi) is 2.08. The van der Waals surface area contributed by atoms with Gasteiger partial charge in [-0.1, -0.05) is 6.92 Å². The number of rotatable bonds is 4. The lowest BCUT2D eigenvalue weighted by atomic mass is 10.1. The molecular formula is C8H14N4. The van der Waals surface area contributed by atoms with Crippen molar-refractivity contribution in [3.8, 4) is 0 Å². The van der Waals surface area contributed by atoms with Crippen molar-refractivity contribution in [2.24, 2.45) is 5.92 Å². The van der Waals surface area contributed by atoms with Crippen LogP contribution in [0.5, 0.6) is 0 Å². The fourth-order valence-corrected chi connectivity index (χ4v) is 1.52. The van der Waals surface area contributed by atoms with Crippen LogP contribution < -0.4 is 5.32 Å². The average Bonchev–Trinajstić information content (AvgIpc) is 2.77. The van der Waals surface area contributed by atoms with Crippen LogP contribution in [-0.4, -0.2) is 22.0 Å². The van der Waals surface area contributed by atoms with Gasteiger partial charge in [0.15, 0.2) is 0 Å². The van der Waals surface area contributed by atoms with E-state index in [1.54, 1.807) is 0 Å². The second-order valence-electron chi connectivity index (χ2n) is 3.27. The van der Waals surface area contributed by atoms with Crippen molar-refractivity contribution in [1.29, 1.82) is 0 Å². The zero-order valence-corrected chi connectivity index (χ0v) is 7.25. The Labute approximate surface area is 71.8 Å². The zero-order valence-electron chi connectivity index (χ0n) is 7.25. The maximum atomic E-state index is 4.10. The summed E-state index contributed by atoms with van der Waals surface area (Å²) >= 11 is 0. The summed E-state index contributed by atoms with van der Waals surface area (Å²) in [6, 6.07) is 0.425. The summed E-state index contributed by atoms with van der Waals surface area (Å²) in [7, 11) is 0. The Balaban J connectivity index is 2.05. The van der Waals surface area contributed by atoms with Crippen molar-refractivity contribution in [1.82, 2.24) is 20.7 Å². The first-order chi connectivity index (χ1) is 5.92. The molecule has 12 heavy (non-hydrogen) atoms. The number of H-pyrrole nitrogens is 1. The smallest absolute Gasteiger partial charge is 0.0996 e. The van der Waals surface area contributed by atoms with Crippen LogP contribution in [0.25, 0.3) is 0 Å². The fraction of sp³-hybridized carbons (Fsp3) is 0.750. The Morgan fingerprint density at radius 2 is 2.58 bits per heavy atom. The highest BCUT2D eigenvalue weighted by molar-refractivity contribution is 5.05. The molecule has 1 unspecified atom stereocenters. The molecule has 1 heterocycles. The van der Waals surface area contributed by atoms with Crippen molar-refractivity contribution >= 4 is 0 Å². The number of hydrogen-bond donors (Lipinski definition) is 2. The summed E-state index contributed by atoms with van der Waals surface area (Å²) < 4.78 is 0. The van der Waals surface area contributed by atoms with Gasteiger partial charge in [-0.05, 0) is 25.3 Å². The van der Waals surface area contributed by atoms with Crippen LogP contribution in [0, 0.1) is 5.92 Å². The summed E-state index contributed by atoms with van der Waals surface area (Å²) in [6.45, 7) is 3.11. The van der Waals surface area contributed by atoms with Crippen LogP contribution >= 0.6 is 0 Å². The van der Waals surface area contributed by atoms with E-state index < -0.39 is 0 Å². The predicted molar refractivity (Wildman–Crippen MR) is 45.5 cm³/mol. The van der Waals surface area contributed by atoms with Crippen molar-refractivity contribution in [3.05, 3.63) is 11.9 Å². The van der Waals surface area contributed by atoms with Gasteiger partial charge in [0.2, 0.25) is 0 Å². The molecule has 1 fully saturated rings. The molecule has 0 amide bonds. The van der Waals surface area contributed by atoms with E-state index in [9.17, 15) is 0 Å². The summed E-state index contributed by atoms with van der Waals surface area (Å²) in [5.41, 5.74) is 1.05. The Hall–Kier alpha value is -0.900. The van der Waals surface area contributed by atoms with E-state index in [4.69, 9.17) is 0 Å². The topological polar surface area (TPSA) is 53.6 Å². The molecule has 2 rings (SSSR count). The number of aromatic nitrogens is 3. The van der Waals surface area contributed by atoms with Crippen molar-refractivity contribution in [3.63, 3.8) is 0 Å². The van der Waals surface area contributed by atoms with Gasteiger partial charge in [0, 0.05) is 0 Å². The lowest BCUT2D eigenvalue weighted by molar-refractivity contribution is 0.484. The normalized spacial score (nSPS) is 19.4. The monoisotopic (exact) mass is 166 g/mol. The fourth-order valence-electron chi connectivity index (χ4n) is 1.52. The van der Waals surface area contributed by atoms with Gasteiger partial charge in [0.05, 0.1) is 17.9 Å². The molecule has 0 aromatic carbocycles. The highest BCUT2D eigenvalue weighted by Crippen LogP contribution is 2.39. The quantitative estimate of drug-likeness (QED) is 0.697. The molecule has 0 radical (unpaired) electrons. The third-order valence-corrected chi connectivity index (χ3v) is 2.27. The molecule has 66 valence electrons. The van der Waals surface area contributed by atoms with Crippen molar-refractivity contribution < 1.29 is 0 Å². The predicted octanol–water partition coefficient (Wildman–Crippen LogP) is 0.865. The van der Waals surface area contributed by atoms with Crippen LogP contribution in [0.3, 0.4) is 0 Å². The molecule has 1 aliphatic rings. The first-order valence-electron chi connectivity index (χ1n) is 4.51. The molecule has 0 aliphatic heterocycles. The minimum Gasteiger partial charge on any atom is -0.309 e. The Morgan fingerprint density at radius 1 is 1.75 bits per heavy atom. The Bertz CT molecular complexity index is 227. The molecule has 0 bridgehead atoms. The van der Waals surface area contributed by atoms with Crippen LogP contribution in [0.1, 0.15) is 31.5 Å². The van der Waals surface area contributed by atoms with Gasteiger partial charge < -0.3 is 5.32 Å². The summed E-state index contributed by atoms with van der Waals surface area (Å²) in [5.74, 6) is 0.787. The van der Waals surface area contributed by atoms with Crippen LogP contribution in [0.4, 0.5) is 0 Å². The van der Waals surface area contributed by atoms with Gasteiger partial charge in [-0.2, -0.15) is 15.4 Å². The second kappa shape index (κ2) is 3.23. The molecule has 1 aliphatic carbocycles. The van der Waals surface area contributed by atoms with Crippen molar-refractivity contribution in [2.45, 2.75) is 25.8 Å². The third-order valence-electron chi connectivity index (χ3n) is 2.27. The maximum Gasteiger partial charge on any atom is 0.0996 e. The molecule has 0 spiro atoms. The largest absolute Gasteiger partial charge is 0.309 e. The van der Waals surface area contributed by atoms with Gasteiger partial charge in [-0.3, -0.25) is 0 Å². The van der Waals surface area contributed by atoms with Crippen LogP contribution in [0.2, 0.25) is 0 Å². The molecule has 0 saturated heterocycles.